The second-order valence-electron chi connectivity index (χ2n) is 6.89. The van der Waals surface area contributed by atoms with Gasteiger partial charge in [-0.25, -0.2) is 4.98 Å². The quantitative estimate of drug-likeness (QED) is 0.275. The summed E-state index contributed by atoms with van der Waals surface area (Å²) in [6, 6.07) is 16.9. The molecule has 0 fully saturated rings. The lowest BCUT2D eigenvalue weighted by Crippen LogP contribution is -2.34. The number of methoxy groups -OCH3 is 1. The maximum Gasteiger partial charge on any atom is 0.261 e. The first kappa shape index (κ1) is 22.7. The molecule has 162 valence electrons. The molecule has 3 aromatic carbocycles. The van der Waals surface area contributed by atoms with Gasteiger partial charge in [0.1, 0.15) is 10.8 Å². The Morgan fingerprint density at radius 1 is 1.19 bits per heavy atom. The van der Waals surface area contributed by atoms with E-state index in [9.17, 15) is 4.79 Å². The number of carbonyl (C=O) groups excluding carboxylic acids is 1. The number of thiazole rings is 1. The fourth-order valence-corrected chi connectivity index (χ4v) is 5.30. The van der Waals surface area contributed by atoms with E-state index in [4.69, 9.17) is 28.6 Å². The van der Waals surface area contributed by atoms with Crippen LogP contribution in [0.5, 0.6) is 5.75 Å². The lowest BCUT2D eigenvalue weighted by atomic mass is 10.1. The first-order valence-electron chi connectivity index (χ1n) is 9.47. The number of hydrogen-bond acceptors (Lipinski definition) is 5. The molecule has 1 heterocycles. The van der Waals surface area contributed by atoms with Gasteiger partial charge in [0.15, 0.2) is 5.11 Å². The molecule has 0 aliphatic heterocycles. The van der Waals surface area contributed by atoms with Crippen molar-refractivity contribution in [2.24, 2.45) is 0 Å². The Bertz CT molecular complexity index is 1320. The summed E-state index contributed by atoms with van der Waals surface area (Å²) in [5.41, 5.74) is 3.62. The molecule has 4 rings (SSSR count). The third-order valence-corrected chi connectivity index (χ3v) is 6.72. The van der Waals surface area contributed by atoms with Crippen LogP contribution in [-0.4, -0.2) is 23.1 Å². The van der Waals surface area contributed by atoms with E-state index in [1.807, 2.05) is 43.3 Å². The van der Waals surface area contributed by atoms with Gasteiger partial charge in [0, 0.05) is 15.7 Å². The van der Waals surface area contributed by atoms with E-state index >= 15 is 0 Å². The highest BCUT2D eigenvalue weighted by molar-refractivity contribution is 9.10. The molecule has 0 bridgehead atoms. The smallest absolute Gasteiger partial charge is 0.261 e. The van der Waals surface area contributed by atoms with Crippen LogP contribution in [0.4, 0.5) is 5.69 Å². The van der Waals surface area contributed by atoms with Crippen LogP contribution in [0.2, 0.25) is 5.02 Å². The minimum absolute atomic E-state index is 0.159. The molecule has 2 N–H and O–H groups in total. The maximum absolute atomic E-state index is 12.8. The molecule has 1 amide bonds. The average Bonchev–Trinajstić information content (AvgIpc) is 3.18. The number of thiocarbonyl (C=S) groups is 1. The number of carbonyl (C=O) groups is 1. The molecular weight excluding hydrogens is 530 g/mol. The third-order valence-electron chi connectivity index (χ3n) is 4.66. The SMILES string of the molecule is COc1c(C)cc(Br)cc1C(=O)NC(=S)Nc1ccc(Cl)c(-c2nc3ccccc3s2)c1. The van der Waals surface area contributed by atoms with Crippen molar-refractivity contribution in [2.75, 3.05) is 12.4 Å². The van der Waals surface area contributed by atoms with E-state index < -0.39 is 0 Å². The molecule has 0 atom stereocenters. The van der Waals surface area contributed by atoms with Gasteiger partial charge < -0.3 is 10.1 Å². The molecule has 0 aliphatic rings. The Hall–Kier alpha value is -2.52. The number of hydrogen-bond donors (Lipinski definition) is 2. The van der Waals surface area contributed by atoms with Crippen molar-refractivity contribution in [3.8, 4) is 16.3 Å². The lowest BCUT2D eigenvalue weighted by Gasteiger charge is -2.14. The van der Waals surface area contributed by atoms with Gasteiger partial charge >= 0.3 is 0 Å². The topological polar surface area (TPSA) is 63.2 Å². The standard InChI is InChI=1S/C23H17BrClN3O2S2/c1-12-9-13(24)10-16(20(12)30-2)21(29)28-23(31)26-14-7-8-17(25)15(11-14)22-27-18-5-3-4-6-19(18)32-22/h3-11H,1-2H3,(H2,26,28,29,31). The summed E-state index contributed by atoms with van der Waals surface area (Å²) in [6.07, 6.45) is 0. The Morgan fingerprint density at radius 2 is 1.97 bits per heavy atom. The number of ether oxygens (including phenoxy) is 1. The molecule has 0 aliphatic carbocycles. The van der Waals surface area contributed by atoms with E-state index in [-0.39, 0.29) is 11.0 Å². The highest BCUT2D eigenvalue weighted by atomic mass is 79.9. The average molecular weight is 547 g/mol. The van der Waals surface area contributed by atoms with Crippen LogP contribution in [0.1, 0.15) is 15.9 Å². The van der Waals surface area contributed by atoms with E-state index in [1.165, 1.54) is 7.11 Å². The molecule has 9 heteroatoms. The van der Waals surface area contributed by atoms with Crippen LogP contribution < -0.4 is 15.4 Å². The summed E-state index contributed by atoms with van der Waals surface area (Å²) in [5, 5.41) is 7.30. The first-order valence-corrected chi connectivity index (χ1v) is 11.9. The monoisotopic (exact) mass is 545 g/mol. The van der Waals surface area contributed by atoms with Gasteiger partial charge in [0.05, 0.1) is 27.9 Å². The van der Waals surface area contributed by atoms with Crippen molar-refractivity contribution in [2.45, 2.75) is 6.92 Å². The van der Waals surface area contributed by atoms with Gasteiger partial charge in [-0.15, -0.1) is 11.3 Å². The normalized spacial score (nSPS) is 10.8. The molecular formula is C23H17BrClN3O2S2. The number of anilines is 1. The number of aromatic nitrogens is 1. The van der Waals surface area contributed by atoms with Crippen molar-refractivity contribution in [3.05, 3.63) is 75.2 Å². The van der Waals surface area contributed by atoms with Crippen LogP contribution in [-0.2, 0) is 0 Å². The van der Waals surface area contributed by atoms with E-state index in [2.05, 4.69) is 31.5 Å². The molecule has 0 unspecified atom stereocenters. The van der Waals surface area contributed by atoms with Gasteiger partial charge in [-0.1, -0.05) is 39.7 Å². The minimum atomic E-state index is -0.371. The fourth-order valence-electron chi connectivity index (χ4n) is 3.26. The number of amides is 1. The molecule has 0 spiro atoms. The van der Waals surface area contributed by atoms with Crippen molar-refractivity contribution in [1.29, 1.82) is 0 Å². The summed E-state index contributed by atoms with van der Waals surface area (Å²) < 4.78 is 7.25. The number of nitrogens with zero attached hydrogens (tertiary/aromatic N) is 1. The van der Waals surface area contributed by atoms with Crippen LogP contribution in [0.3, 0.4) is 0 Å². The molecule has 4 aromatic rings. The van der Waals surface area contributed by atoms with E-state index in [1.54, 1.807) is 29.5 Å². The predicted molar refractivity (Wildman–Crippen MR) is 139 cm³/mol. The van der Waals surface area contributed by atoms with Crippen LogP contribution >= 0.6 is 51.1 Å². The highest BCUT2D eigenvalue weighted by Gasteiger charge is 2.17. The number of fused-ring (bicyclic) bond motifs is 1. The fraction of sp³-hybridized carbons (Fsp3) is 0.0870. The zero-order valence-corrected chi connectivity index (χ0v) is 21.0. The number of nitrogens with one attached hydrogen (secondary N) is 2. The predicted octanol–water partition coefficient (Wildman–Crippen LogP) is 6.82. The Kier molecular flexibility index (Phi) is 6.76. The molecule has 0 radical (unpaired) electrons. The number of rotatable bonds is 4. The minimum Gasteiger partial charge on any atom is -0.496 e. The van der Waals surface area contributed by atoms with Crippen molar-refractivity contribution in [1.82, 2.24) is 10.3 Å². The van der Waals surface area contributed by atoms with Gasteiger partial charge in [-0.05, 0) is 67.2 Å². The summed E-state index contributed by atoms with van der Waals surface area (Å²) in [4.78, 5) is 17.5. The van der Waals surface area contributed by atoms with E-state index in [0.717, 1.165) is 30.8 Å². The molecule has 32 heavy (non-hydrogen) atoms. The second-order valence-corrected chi connectivity index (χ2v) is 9.65. The van der Waals surface area contributed by atoms with Crippen molar-refractivity contribution in [3.63, 3.8) is 0 Å². The molecule has 0 saturated carbocycles. The van der Waals surface area contributed by atoms with Gasteiger partial charge in [-0.3, -0.25) is 10.1 Å². The maximum atomic E-state index is 12.8. The van der Waals surface area contributed by atoms with Gasteiger partial charge in [-0.2, -0.15) is 0 Å². The van der Waals surface area contributed by atoms with Gasteiger partial charge in [0.25, 0.3) is 5.91 Å². The van der Waals surface area contributed by atoms with Crippen molar-refractivity contribution < 1.29 is 9.53 Å². The zero-order chi connectivity index (χ0) is 22.8. The van der Waals surface area contributed by atoms with Crippen molar-refractivity contribution >= 4 is 78.0 Å². The van der Waals surface area contributed by atoms with Gasteiger partial charge in [0.2, 0.25) is 0 Å². The Morgan fingerprint density at radius 3 is 2.72 bits per heavy atom. The largest absolute Gasteiger partial charge is 0.496 e. The second kappa shape index (κ2) is 9.54. The van der Waals surface area contributed by atoms with Crippen LogP contribution in [0.25, 0.3) is 20.8 Å². The molecule has 0 saturated heterocycles. The van der Waals surface area contributed by atoms with E-state index in [0.29, 0.717) is 22.0 Å². The first-order chi connectivity index (χ1) is 15.4. The van der Waals surface area contributed by atoms with Crippen LogP contribution in [0.15, 0.2) is 59.1 Å². The number of para-hydroxylation sites is 1. The zero-order valence-electron chi connectivity index (χ0n) is 17.0. The highest BCUT2D eigenvalue weighted by Crippen LogP contribution is 2.36. The molecule has 5 nitrogen and oxygen atoms in total. The molecule has 1 aromatic heterocycles. The van der Waals surface area contributed by atoms with Crippen LogP contribution in [0, 0.1) is 6.92 Å². The lowest BCUT2D eigenvalue weighted by molar-refractivity contribution is 0.0974. The summed E-state index contributed by atoms with van der Waals surface area (Å²) >= 11 is 16.8. The summed E-state index contributed by atoms with van der Waals surface area (Å²) in [6.45, 7) is 1.87. The third kappa shape index (κ3) is 4.78. The Labute approximate surface area is 207 Å². The number of halogens is 2. The summed E-state index contributed by atoms with van der Waals surface area (Å²) in [7, 11) is 1.53. The Balaban J connectivity index is 1.54. The summed E-state index contributed by atoms with van der Waals surface area (Å²) in [5.74, 6) is 0.127. The number of aryl methyl sites for hydroxylation is 1. The number of benzene rings is 3.